The molecule has 3 aromatic rings. The summed E-state index contributed by atoms with van der Waals surface area (Å²) in [6.45, 7) is 1.67. The zero-order valence-electron chi connectivity index (χ0n) is 15.1. The molecule has 3 N–H and O–H groups in total. The van der Waals surface area contributed by atoms with E-state index in [1.165, 1.54) is 25.4 Å². The Kier molecular flexibility index (Phi) is 5.62. The highest BCUT2D eigenvalue weighted by Crippen LogP contribution is 2.28. The number of benzene rings is 2. The van der Waals surface area contributed by atoms with Gasteiger partial charge in [-0.15, -0.1) is 0 Å². The van der Waals surface area contributed by atoms with Crippen LogP contribution in [0.15, 0.2) is 59.6 Å². The van der Waals surface area contributed by atoms with Gasteiger partial charge in [-0.25, -0.2) is 8.42 Å². The first-order valence-corrected chi connectivity index (χ1v) is 10.1. The van der Waals surface area contributed by atoms with E-state index in [1.807, 2.05) is 0 Å². The molecule has 1 heterocycles. The van der Waals surface area contributed by atoms with Crippen molar-refractivity contribution in [2.45, 2.75) is 11.8 Å². The Balaban J connectivity index is 1.89. The lowest BCUT2D eigenvalue weighted by molar-refractivity contribution is 0.102. The Morgan fingerprint density at radius 3 is 2.57 bits per heavy atom. The number of hydrogen-bond acceptors (Lipinski definition) is 4. The molecule has 2 aromatic carbocycles. The van der Waals surface area contributed by atoms with E-state index in [1.54, 1.807) is 43.3 Å². The summed E-state index contributed by atoms with van der Waals surface area (Å²) in [5, 5.41) is 3.05. The number of amides is 1. The minimum atomic E-state index is -3.91. The zero-order chi connectivity index (χ0) is 20.3. The maximum Gasteiger partial charge on any atom is 0.272 e. The van der Waals surface area contributed by atoms with Crippen molar-refractivity contribution in [1.82, 2.24) is 4.98 Å². The maximum absolute atomic E-state index is 12.9. The number of halogens is 1. The molecule has 0 spiro atoms. The van der Waals surface area contributed by atoms with Crippen LogP contribution in [0.4, 0.5) is 11.4 Å². The quantitative estimate of drug-likeness (QED) is 0.561. The first-order chi connectivity index (χ1) is 13.3. The van der Waals surface area contributed by atoms with Crippen molar-refractivity contribution >= 4 is 38.9 Å². The molecule has 146 valence electrons. The Bertz CT molecular complexity index is 1130. The lowest BCUT2D eigenvalue weighted by Gasteiger charge is -2.14. The molecule has 0 unspecified atom stereocenters. The molecular weight excluding hydrogens is 402 g/mol. The molecule has 0 aliphatic heterocycles. The van der Waals surface area contributed by atoms with Crippen LogP contribution >= 0.6 is 11.6 Å². The van der Waals surface area contributed by atoms with Gasteiger partial charge in [0.1, 0.15) is 11.4 Å². The molecule has 0 fully saturated rings. The Morgan fingerprint density at radius 2 is 1.89 bits per heavy atom. The summed E-state index contributed by atoms with van der Waals surface area (Å²) in [6, 6.07) is 12.8. The second-order valence-corrected chi connectivity index (χ2v) is 8.06. The standard InChI is InChI=1S/C19H18ClN3O4S/c1-12-7-8-14(22-19(24)16-9-13(20)11-21-16)10-18(12)28(25,26)23-15-5-3-4-6-17(15)27-2/h3-11,21,23H,1-2H3,(H,22,24). The summed E-state index contributed by atoms with van der Waals surface area (Å²) < 4.78 is 33.5. The third kappa shape index (κ3) is 4.29. The van der Waals surface area contributed by atoms with Gasteiger partial charge in [-0.05, 0) is 42.8 Å². The Hall–Kier alpha value is -2.97. The first kappa shape index (κ1) is 19.8. The predicted molar refractivity (Wildman–Crippen MR) is 109 cm³/mol. The SMILES string of the molecule is COc1ccccc1NS(=O)(=O)c1cc(NC(=O)c2cc(Cl)c[nH]2)ccc1C. The van der Waals surface area contributed by atoms with Gasteiger partial charge in [0.05, 0.1) is 22.7 Å². The number of carbonyl (C=O) groups excluding carboxylic acids is 1. The number of nitrogens with one attached hydrogen (secondary N) is 3. The van der Waals surface area contributed by atoms with Crippen molar-refractivity contribution < 1.29 is 17.9 Å². The zero-order valence-corrected chi connectivity index (χ0v) is 16.7. The average molecular weight is 420 g/mol. The lowest BCUT2D eigenvalue weighted by atomic mass is 10.2. The van der Waals surface area contributed by atoms with Gasteiger partial charge in [-0.1, -0.05) is 29.8 Å². The minimum absolute atomic E-state index is 0.0423. The number of sulfonamides is 1. The number of para-hydroxylation sites is 2. The fourth-order valence-corrected chi connectivity index (χ4v) is 4.10. The normalized spacial score (nSPS) is 11.1. The third-order valence-corrected chi connectivity index (χ3v) is 5.70. The van der Waals surface area contributed by atoms with E-state index in [4.69, 9.17) is 16.3 Å². The van der Waals surface area contributed by atoms with Crippen LogP contribution in [-0.4, -0.2) is 26.4 Å². The summed E-state index contributed by atoms with van der Waals surface area (Å²) in [6.07, 6.45) is 1.48. The average Bonchev–Trinajstić information content (AvgIpc) is 3.10. The lowest BCUT2D eigenvalue weighted by Crippen LogP contribution is -2.16. The molecule has 0 bridgehead atoms. The number of carbonyl (C=O) groups is 1. The van der Waals surface area contributed by atoms with Crippen LogP contribution in [0.3, 0.4) is 0 Å². The van der Waals surface area contributed by atoms with E-state index in [9.17, 15) is 13.2 Å². The van der Waals surface area contributed by atoms with Crippen LogP contribution in [0.5, 0.6) is 5.75 Å². The summed E-state index contributed by atoms with van der Waals surface area (Å²) in [5.41, 5.74) is 1.45. The first-order valence-electron chi connectivity index (χ1n) is 8.22. The summed E-state index contributed by atoms with van der Waals surface area (Å²) in [5.74, 6) is -0.0337. The van der Waals surface area contributed by atoms with Crippen molar-refractivity contribution in [3.63, 3.8) is 0 Å². The van der Waals surface area contributed by atoms with E-state index < -0.39 is 15.9 Å². The Morgan fingerprint density at radius 1 is 1.14 bits per heavy atom. The number of hydrogen-bond donors (Lipinski definition) is 3. The maximum atomic E-state index is 12.9. The second kappa shape index (κ2) is 7.95. The summed E-state index contributed by atoms with van der Waals surface area (Å²) in [7, 11) is -2.45. The van der Waals surface area contributed by atoms with E-state index in [2.05, 4.69) is 15.0 Å². The molecule has 0 atom stereocenters. The monoisotopic (exact) mass is 419 g/mol. The molecule has 28 heavy (non-hydrogen) atoms. The van der Waals surface area contributed by atoms with Gasteiger partial charge in [-0.3, -0.25) is 9.52 Å². The minimum Gasteiger partial charge on any atom is -0.495 e. The molecule has 1 amide bonds. The number of aromatic amines is 1. The van der Waals surface area contributed by atoms with Crippen LogP contribution in [0.2, 0.25) is 5.02 Å². The second-order valence-electron chi connectivity index (χ2n) is 5.97. The van der Waals surface area contributed by atoms with Crippen LogP contribution < -0.4 is 14.8 Å². The van der Waals surface area contributed by atoms with Crippen molar-refractivity contribution in [3.05, 3.63) is 71.0 Å². The van der Waals surface area contributed by atoms with Crippen LogP contribution in [0, 0.1) is 6.92 Å². The highest BCUT2D eigenvalue weighted by atomic mass is 35.5. The summed E-state index contributed by atoms with van der Waals surface area (Å²) in [4.78, 5) is 15.0. The van der Waals surface area contributed by atoms with Crippen molar-refractivity contribution in [1.29, 1.82) is 0 Å². The topological polar surface area (TPSA) is 100 Å². The molecule has 0 aliphatic rings. The smallest absolute Gasteiger partial charge is 0.272 e. The number of aromatic nitrogens is 1. The van der Waals surface area contributed by atoms with Gasteiger partial charge in [0.15, 0.2) is 0 Å². The van der Waals surface area contributed by atoms with E-state index in [-0.39, 0.29) is 10.6 Å². The van der Waals surface area contributed by atoms with Crippen LogP contribution in [0.25, 0.3) is 0 Å². The molecule has 0 saturated heterocycles. The number of ether oxygens (including phenoxy) is 1. The van der Waals surface area contributed by atoms with Crippen LogP contribution in [0.1, 0.15) is 16.1 Å². The largest absolute Gasteiger partial charge is 0.495 e. The molecular formula is C19H18ClN3O4S. The van der Waals surface area contributed by atoms with E-state index in [0.29, 0.717) is 27.7 Å². The molecule has 3 rings (SSSR count). The molecule has 0 aliphatic carbocycles. The highest BCUT2D eigenvalue weighted by Gasteiger charge is 2.20. The van der Waals surface area contributed by atoms with Gasteiger partial charge in [0.25, 0.3) is 15.9 Å². The highest BCUT2D eigenvalue weighted by molar-refractivity contribution is 7.92. The number of anilines is 2. The number of aryl methyl sites for hydroxylation is 1. The predicted octanol–water partition coefficient (Wildman–Crippen LogP) is 4.04. The van der Waals surface area contributed by atoms with Crippen molar-refractivity contribution in [3.8, 4) is 5.75 Å². The molecule has 1 aromatic heterocycles. The van der Waals surface area contributed by atoms with Crippen molar-refractivity contribution in [2.75, 3.05) is 17.1 Å². The van der Waals surface area contributed by atoms with E-state index >= 15 is 0 Å². The number of rotatable bonds is 6. The Labute approximate surface area is 167 Å². The molecule has 0 radical (unpaired) electrons. The fraction of sp³-hybridized carbons (Fsp3) is 0.105. The fourth-order valence-electron chi connectivity index (χ4n) is 2.59. The molecule has 7 nitrogen and oxygen atoms in total. The number of H-pyrrole nitrogens is 1. The molecule has 0 saturated carbocycles. The van der Waals surface area contributed by atoms with Gasteiger partial charge in [0, 0.05) is 11.9 Å². The molecule has 9 heteroatoms. The van der Waals surface area contributed by atoms with Gasteiger partial charge in [-0.2, -0.15) is 0 Å². The van der Waals surface area contributed by atoms with Crippen molar-refractivity contribution in [2.24, 2.45) is 0 Å². The van der Waals surface area contributed by atoms with Gasteiger partial charge < -0.3 is 15.0 Å². The van der Waals surface area contributed by atoms with Gasteiger partial charge >= 0.3 is 0 Å². The van der Waals surface area contributed by atoms with Gasteiger partial charge in [0.2, 0.25) is 0 Å². The number of methoxy groups -OCH3 is 1. The van der Waals surface area contributed by atoms with Crippen LogP contribution in [-0.2, 0) is 10.0 Å². The van der Waals surface area contributed by atoms with E-state index in [0.717, 1.165) is 0 Å². The summed E-state index contributed by atoms with van der Waals surface area (Å²) >= 11 is 5.81. The third-order valence-electron chi connectivity index (χ3n) is 3.98.